The van der Waals surface area contributed by atoms with E-state index in [1.165, 1.54) is 13.2 Å². The number of nitrogens with one attached hydrogen (secondary N) is 1. The van der Waals surface area contributed by atoms with Crippen molar-refractivity contribution >= 4 is 28.9 Å². The first kappa shape index (κ1) is 19.9. The third kappa shape index (κ3) is 4.92. The Morgan fingerprint density at radius 2 is 2.00 bits per heavy atom. The molecule has 0 saturated carbocycles. The summed E-state index contributed by atoms with van der Waals surface area (Å²) >= 11 is 0. The minimum Gasteiger partial charge on any atom is -0.493 e. The third-order valence-electron chi connectivity index (χ3n) is 4.29. The molecule has 8 heteroatoms. The lowest BCUT2D eigenvalue weighted by atomic mass is 10.2. The third-order valence-corrected chi connectivity index (χ3v) is 4.29. The lowest BCUT2D eigenvalue weighted by Crippen LogP contribution is -2.22. The Labute approximate surface area is 167 Å². The Morgan fingerprint density at radius 1 is 1.21 bits per heavy atom. The molecule has 8 nitrogen and oxygen atoms in total. The molecule has 2 aromatic carbocycles. The van der Waals surface area contributed by atoms with Gasteiger partial charge in [-0.2, -0.15) is 0 Å². The summed E-state index contributed by atoms with van der Waals surface area (Å²) in [6.45, 7) is 0.0771. The number of amides is 2. The average molecular weight is 394 g/mol. The normalized spacial score (nSPS) is 11.0. The van der Waals surface area contributed by atoms with Crippen LogP contribution in [-0.2, 0) is 23.2 Å². The Morgan fingerprint density at radius 3 is 2.72 bits per heavy atom. The van der Waals surface area contributed by atoms with E-state index in [0.717, 1.165) is 22.4 Å². The fourth-order valence-corrected chi connectivity index (χ4v) is 2.81. The van der Waals surface area contributed by atoms with Crippen LogP contribution in [0.1, 0.15) is 11.4 Å². The summed E-state index contributed by atoms with van der Waals surface area (Å²) in [6, 6.07) is 12.9. The number of hydrogen-bond donors (Lipinski definition) is 2. The number of nitrogens with zero attached hydrogens (tertiary/aromatic N) is 2. The molecule has 0 spiro atoms. The Hall–Kier alpha value is -3.81. The van der Waals surface area contributed by atoms with Gasteiger partial charge in [0, 0.05) is 13.1 Å². The second-order valence-corrected chi connectivity index (χ2v) is 6.29. The van der Waals surface area contributed by atoms with Crippen LogP contribution in [0.25, 0.3) is 17.1 Å². The number of fused-ring (bicyclic) bond motifs is 1. The standard InChI is InChI=1S/C21H22N4O4/c1-25-16-6-4-3-5-15(16)24-20(25)12-23-21(27)10-8-14-7-9-17(18(11-14)28-2)29-13-19(22)26/h3-11H,12-13H2,1-2H3,(H2,22,26)(H,23,27)/b10-8+. The molecule has 0 unspecified atom stereocenters. The number of imidazole rings is 1. The zero-order valence-electron chi connectivity index (χ0n) is 16.2. The molecule has 0 radical (unpaired) electrons. The molecule has 3 N–H and O–H groups in total. The van der Waals surface area contributed by atoms with Gasteiger partial charge in [-0.25, -0.2) is 4.98 Å². The van der Waals surface area contributed by atoms with Gasteiger partial charge < -0.3 is 25.1 Å². The van der Waals surface area contributed by atoms with Gasteiger partial charge in [-0.05, 0) is 35.9 Å². The molecule has 0 aliphatic carbocycles. The van der Waals surface area contributed by atoms with Crippen molar-refractivity contribution < 1.29 is 19.1 Å². The predicted molar refractivity (Wildman–Crippen MR) is 109 cm³/mol. The molecule has 3 aromatic rings. The second-order valence-electron chi connectivity index (χ2n) is 6.29. The monoisotopic (exact) mass is 394 g/mol. The summed E-state index contributed by atoms with van der Waals surface area (Å²) in [6.07, 6.45) is 3.09. The van der Waals surface area contributed by atoms with E-state index >= 15 is 0 Å². The fraction of sp³-hybridized carbons (Fsp3) is 0.190. The Kier molecular flexibility index (Phi) is 6.13. The number of carbonyl (C=O) groups is 2. The quantitative estimate of drug-likeness (QED) is 0.566. The van der Waals surface area contributed by atoms with Gasteiger partial charge in [0.05, 0.1) is 24.7 Å². The number of benzene rings is 2. The van der Waals surface area contributed by atoms with Crippen LogP contribution in [0.2, 0.25) is 0 Å². The van der Waals surface area contributed by atoms with Crippen LogP contribution < -0.4 is 20.5 Å². The van der Waals surface area contributed by atoms with E-state index in [9.17, 15) is 9.59 Å². The van der Waals surface area contributed by atoms with Gasteiger partial charge in [0.1, 0.15) is 5.82 Å². The Bertz CT molecular complexity index is 1070. The molecule has 0 saturated heterocycles. The number of ether oxygens (including phenoxy) is 2. The molecule has 0 fully saturated rings. The summed E-state index contributed by atoms with van der Waals surface area (Å²) in [7, 11) is 3.41. The molecular weight excluding hydrogens is 372 g/mol. The summed E-state index contributed by atoms with van der Waals surface area (Å²) in [5, 5.41) is 2.83. The van der Waals surface area contributed by atoms with Gasteiger partial charge in [-0.3, -0.25) is 9.59 Å². The smallest absolute Gasteiger partial charge is 0.255 e. The molecule has 0 aliphatic heterocycles. The Balaban J connectivity index is 1.62. The van der Waals surface area contributed by atoms with Gasteiger partial charge >= 0.3 is 0 Å². The first-order chi connectivity index (χ1) is 14.0. The van der Waals surface area contributed by atoms with Crippen molar-refractivity contribution in [1.29, 1.82) is 0 Å². The van der Waals surface area contributed by atoms with E-state index < -0.39 is 5.91 Å². The number of aryl methyl sites for hydroxylation is 1. The van der Waals surface area contributed by atoms with Crippen LogP contribution in [0.15, 0.2) is 48.5 Å². The maximum atomic E-state index is 12.2. The molecule has 3 rings (SSSR count). The van der Waals surface area contributed by atoms with Gasteiger partial charge in [-0.1, -0.05) is 18.2 Å². The zero-order valence-corrected chi connectivity index (χ0v) is 16.2. The largest absolute Gasteiger partial charge is 0.493 e. The van der Waals surface area contributed by atoms with Crippen molar-refractivity contribution in [2.45, 2.75) is 6.54 Å². The van der Waals surface area contributed by atoms with Gasteiger partial charge in [0.2, 0.25) is 5.91 Å². The maximum absolute atomic E-state index is 12.2. The fourth-order valence-electron chi connectivity index (χ4n) is 2.81. The van der Waals surface area contributed by atoms with Crippen LogP contribution in [0.3, 0.4) is 0 Å². The molecule has 0 aliphatic rings. The van der Waals surface area contributed by atoms with E-state index in [1.807, 2.05) is 35.9 Å². The van der Waals surface area contributed by atoms with E-state index in [4.69, 9.17) is 15.2 Å². The SMILES string of the molecule is COc1cc(/C=C/C(=O)NCc2nc3ccccc3n2C)ccc1OCC(N)=O. The van der Waals surface area contributed by atoms with Gasteiger partial charge in [-0.15, -0.1) is 0 Å². The molecule has 29 heavy (non-hydrogen) atoms. The maximum Gasteiger partial charge on any atom is 0.255 e. The minimum absolute atomic E-state index is 0.240. The molecule has 2 amide bonds. The number of carbonyl (C=O) groups excluding carboxylic acids is 2. The van der Waals surface area contributed by atoms with Crippen molar-refractivity contribution in [2.24, 2.45) is 12.8 Å². The van der Waals surface area contributed by atoms with E-state index in [2.05, 4.69) is 10.3 Å². The predicted octanol–water partition coefficient (Wildman–Crippen LogP) is 1.78. The molecule has 1 heterocycles. The van der Waals surface area contributed by atoms with Crippen molar-refractivity contribution in [3.8, 4) is 11.5 Å². The van der Waals surface area contributed by atoms with Crippen molar-refractivity contribution in [2.75, 3.05) is 13.7 Å². The van der Waals surface area contributed by atoms with Crippen LogP contribution in [0, 0.1) is 0 Å². The number of hydrogen-bond acceptors (Lipinski definition) is 5. The highest BCUT2D eigenvalue weighted by molar-refractivity contribution is 5.91. The average Bonchev–Trinajstić information content (AvgIpc) is 3.05. The first-order valence-electron chi connectivity index (χ1n) is 8.93. The molecule has 150 valence electrons. The van der Waals surface area contributed by atoms with Crippen LogP contribution in [0.5, 0.6) is 11.5 Å². The molecule has 1 aromatic heterocycles. The zero-order chi connectivity index (χ0) is 20.8. The lowest BCUT2D eigenvalue weighted by molar-refractivity contribution is -0.120. The second kappa shape index (κ2) is 8.92. The number of para-hydroxylation sites is 2. The van der Waals surface area contributed by atoms with Crippen molar-refractivity contribution in [1.82, 2.24) is 14.9 Å². The summed E-state index contributed by atoms with van der Waals surface area (Å²) < 4.78 is 12.5. The van der Waals surface area contributed by atoms with Crippen LogP contribution in [-0.4, -0.2) is 35.1 Å². The first-order valence-corrected chi connectivity index (χ1v) is 8.93. The number of primary amides is 1. The molecule has 0 bridgehead atoms. The topological polar surface area (TPSA) is 108 Å². The van der Waals surface area contributed by atoms with Crippen molar-refractivity contribution in [3.05, 3.63) is 59.9 Å². The summed E-state index contributed by atoms with van der Waals surface area (Å²) in [5.74, 6) is 0.784. The van der Waals surface area contributed by atoms with Crippen LogP contribution in [0.4, 0.5) is 0 Å². The van der Waals surface area contributed by atoms with E-state index in [0.29, 0.717) is 18.0 Å². The van der Waals surface area contributed by atoms with Gasteiger partial charge in [0.25, 0.3) is 5.91 Å². The lowest BCUT2D eigenvalue weighted by Gasteiger charge is -2.10. The van der Waals surface area contributed by atoms with Crippen LogP contribution >= 0.6 is 0 Å². The number of aromatic nitrogens is 2. The molecule has 0 atom stereocenters. The number of nitrogens with two attached hydrogens (primary N) is 1. The van der Waals surface area contributed by atoms with Crippen molar-refractivity contribution in [3.63, 3.8) is 0 Å². The van der Waals surface area contributed by atoms with Gasteiger partial charge in [0.15, 0.2) is 18.1 Å². The van der Waals surface area contributed by atoms with E-state index in [-0.39, 0.29) is 12.5 Å². The highest BCUT2D eigenvalue weighted by atomic mass is 16.5. The van der Waals surface area contributed by atoms with E-state index in [1.54, 1.807) is 24.3 Å². The highest BCUT2D eigenvalue weighted by Gasteiger charge is 2.08. The summed E-state index contributed by atoms with van der Waals surface area (Å²) in [4.78, 5) is 27.5. The minimum atomic E-state index is -0.576. The highest BCUT2D eigenvalue weighted by Crippen LogP contribution is 2.28. The number of rotatable bonds is 8. The summed E-state index contributed by atoms with van der Waals surface area (Å²) in [5.41, 5.74) is 7.72. The molecular formula is C21H22N4O4. The number of methoxy groups -OCH3 is 1.